The minimum absolute atomic E-state index is 0.625. The van der Waals surface area contributed by atoms with Gasteiger partial charge in [0.2, 0.25) is 0 Å². The molecule has 0 aliphatic carbocycles. The molecule has 0 fully saturated rings. The number of benzene rings is 9. The average molecular weight is 869 g/mol. The lowest BCUT2D eigenvalue weighted by Gasteiger charge is -2.15. The van der Waals surface area contributed by atoms with Crippen LogP contribution in [0.5, 0.6) is 0 Å². The van der Waals surface area contributed by atoms with E-state index >= 15 is 0 Å². The summed E-state index contributed by atoms with van der Waals surface area (Å²) in [6.07, 6.45) is 0. The van der Waals surface area contributed by atoms with E-state index in [4.69, 9.17) is 15.0 Å². The SMILES string of the molecule is c1ccc(-c2cc(-c3nc(-c4ccc5c(c4)sc4ccccc45)nc(-c4ccc5c(c4)sc4ccccc45)n3)cc(-n3c4ccccc4c4ccc5c6ccccc6sc5c43)c2)cc1. The van der Waals surface area contributed by atoms with Gasteiger partial charge < -0.3 is 4.57 Å². The number of fused-ring (bicyclic) bond motifs is 13. The van der Waals surface area contributed by atoms with Crippen molar-refractivity contribution in [1.82, 2.24) is 19.5 Å². The molecule has 0 aliphatic rings. The summed E-state index contributed by atoms with van der Waals surface area (Å²) in [6, 6.07) is 70.2. The molecule has 0 unspecified atom stereocenters. The van der Waals surface area contributed by atoms with Crippen LogP contribution in [-0.2, 0) is 0 Å². The van der Waals surface area contributed by atoms with Crippen LogP contribution >= 0.6 is 34.0 Å². The average Bonchev–Trinajstić information content (AvgIpc) is 4.12. The number of para-hydroxylation sites is 1. The van der Waals surface area contributed by atoms with Crippen LogP contribution in [0.15, 0.2) is 194 Å². The molecule has 7 heteroatoms. The van der Waals surface area contributed by atoms with E-state index < -0.39 is 0 Å². The van der Waals surface area contributed by atoms with Crippen molar-refractivity contribution >= 4 is 116 Å². The van der Waals surface area contributed by atoms with Crippen molar-refractivity contribution in [3.05, 3.63) is 194 Å². The van der Waals surface area contributed by atoms with Crippen molar-refractivity contribution in [3.8, 4) is 51.0 Å². The fraction of sp³-hybridized carbons (Fsp3) is 0. The second-order valence-electron chi connectivity index (χ2n) is 16.3. The Labute approximate surface area is 378 Å². The highest BCUT2D eigenvalue weighted by Crippen LogP contribution is 2.44. The van der Waals surface area contributed by atoms with Crippen LogP contribution in [0.25, 0.3) is 133 Å². The second kappa shape index (κ2) is 14.0. The third-order valence-electron chi connectivity index (χ3n) is 12.6. The Morgan fingerprint density at radius 3 is 1.41 bits per heavy atom. The van der Waals surface area contributed by atoms with E-state index in [1.54, 1.807) is 22.7 Å². The van der Waals surface area contributed by atoms with Crippen molar-refractivity contribution in [2.45, 2.75) is 0 Å². The van der Waals surface area contributed by atoms with Gasteiger partial charge in [0.15, 0.2) is 17.5 Å². The smallest absolute Gasteiger partial charge is 0.164 e. The first-order valence-electron chi connectivity index (χ1n) is 21.3. The monoisotopic (exact) mass is 868 g/mol. The molecule has 298 valence electrons. The lowest BCUT2D eigenvalue weighted by atomic mass is 10.0. The van der Waals surface area contributed by atoms with E-state index in [0.29, 0.717) is 17.5 Å². The van der Waals surface area contributed by atoms with Crippen molar-refractivity contribution in [2.75, 3.05) is 0 Å². The van der Waals surface area contributed by atoms with Gasteiger partial charge in [0, 0.05) is 89.0 Å². The van der Waals surface area contributed by atoms with Gasteiger partial charge in [-0.15, -0.1) is 34.0 Å². The first kappa shape index (κ1) is 36.0. The van der Waals surface area contributed by atoms with Crippen LogP contribution in [0.3, 0.4) is 0 Å². The molecule has 0 radical (unpaired) electrons. The summed E-state index contributed by atoms with van der Waals surface area (Å²) >= 11 is 5.48. The maximum absolute atomic E-state index is 5.40. The van der Waals surface area contributed by atoms with Gasteiger partial charge >= 0.3 is 0 Å². The van der Waals surface area contributed by atoms with Crippen LogP contribution < -0.4 is 0 Å². The first-order valence-corrected chi connectivity index (χ1v) is 23.8. The van der Waals surface area contributed by atoms with Gasteiger partial charge in [0.25, 0.3) is 0 Å². The zero-order valence-electron chi connectivity index (χ0n) is 34.0. The maximum Gasteiger partial charge on any atom is 0.164 e. The number of hydrogen-bond acceptors (Lipinski definition) is 6. The molecule has 0 spiro atoms. The van der Waals surface area contributed by atoms with Gasteiger partial charge in [-0.25, -0.2) is 15.0 Å². The van der Waals surface area contributed by atoms with Gasteiger partial charge in [-0.1, -0.05) is 140 Å². The van der Waals surface area contributed by atoms with Crippen molar-refractivity contribution < 1.29 is 0 Å². The molecule has 0 saturated heterocycles. The van der Waals surface area contributed by atoms with E-state index in [1.165, 1.54) is 76.8 Å². The number of hydrogen-bond donors (Lipinski definition) is 0. The summed E-state index contributed by atoms with van der Waals surface area (Å²) in [5, 5.41) is 10.0. The predicted molar refractivity (Wildman–Crippen MR) is 275 cm³/mol. The second-order valence-corrected chi connectivity index (χ2v) is 19.6. The molecule has 5 aromatic heterocycles. The zero-order chi connectivity index (χ0) is 41.9. The zero-order valence-corrected chi connectivity index (χ0v) is 36.4. The minimum Gasteiger partial charge on any atom is -0.308 e. The van der Waals surface area contributed by atoms with E-state index in [9.17, 15) is 0 Å². The fourth-order valence-electron chi connectivity index (χ4n) is 9.66. The van der Waals surface area contributed by atoms with Gasteiger partial charge in [-0.2, -0.15) is 0 Å². The molecule has 4 nitrogen and oxygen atoms in total. The van der Waals surface area contributed by atoms with Gasteiger partial charge in [0.1, 0.15) is 0 Å². The molecular weight excluding hydrogens is 837 g/mol. The standard InChI is InChI=1S/C57H32N4S3/c1-2-12-33(13-3-1)36-28-37(30-38(29-36)61-47-18-8-4-14-39(47)45-26-27-46-42-17-7-11-21-50(42)64-54(46)53(45)61)57-59-55(34-22-24-43-40-15-5-9-19-48(40)62-51(43)31-34)58-56(60-57)35-23-25-44-41-16-6-10-20-49(41)63-52(44)32-35/h1-32H. The molecule has 0 aliphatic heterocycles. The van der Waals surface area contributed by atoms with Crippen LogP contribution in [0.1, 0.15) is 0 Å². The fourth-order valence-corrected chi connectivity index (χ4v) is 13.2. The van der Waals surface area contributed by atoms with Crippen molar-refractivity contribution in [3.63, 3.8) is 0 Å². The van der Waals surface area contributed by atoms with E-state index in [1.807, 2.05) is 11.3 Å². The molecule has 0 amide bonds. The number of nitrogens with zero attached hydrogens (tertiary/aromatic N) is 4. The molecule has 14 rings (SSSR count). The van der Waals surface area contributed by atoms with E-state index in [2.05, 4.69) is 199 Å². The predicted octanol–water partition coefficient (Wildman–Crippen LogP) is 16.7. The summed E-state index contributed by atoms with van der Waals surface area (Å²) in [5.41, 5.74) is 8.46. The summed E-state index contributed by atoms with van der Waals surface area (Å²) in [4.78, 5) is 16.1. The minimum atomic E-state index is 0.625. The van der Waals surface area contributed by atoms with Crippen molar-refractivity contribution in [1.29, 1.82) is 0 Å². The Bertz CT molecular complexity index is 4080. The van der Waals surface area contributed by atoms with Gasteiger partial charge in [-0.3, -0.25) is 0 Å². The largest absolute Gasteiger partial charge is 0.308 e. The van der Waals surface area contributed by atoms with Crippen molar-refractivity contribution in [2.24, 2.45) is 0 Å². The highest BCUT2D eigenvalue weighted by molar-refractivity contribution is 7.27. The molecule has 0 N–H and O–H groups in total. The van der Waals surface area contributed by atoms with Crippen LogP contribution in [0, 0.1) is 0 Å². The van der Waals surface area contributed by atoms with E-state index in [-0.39, 0.29) is 0 Å². The van der Waals surface area contributed by atoms with Gasteiger partial charge in [0.05, 0.1) is 15.7 Å². The number of thiophene rings is 3. The lowest BCUT2D eigenvalue weighted by Crippen LogP contribution is -2.02. The molecular formula is C57H32N4S3. The van der Waals surface area contributed by atoms with Crippen LogP contribution in [0.2, 0.25) is 0 Å². The number of aromatic nitrogens is 4. The Kier molecular flexibility index (Phi) is 7.86. The summed E-state index contributed by atoms with van der Waals surface area (Å²) < 4.78 is 9.99. The molecule has 14 aromatic rings. The molecule has 64 heavy (non-hydrogen) atoms. The van der Waals surface area contributed by atoms with Crippen LogP contribution in [0.4, 0.5) is 0 Å². The van der Waals surface area contributed by atoms with Crippen LogP contribution in [-0.4, -0.2) is 19.5 Å². The maximum atomic E-state index is 5.40. The summed E-state index contributed by atoms with van der Waals surface area (Å²) in [5.74, 6) is 1.91. The Morgan fingerprint density at radius 1 is 0.297 bits per heavy atom. The highest BCUT2D eigenvalue weighted by Gasteiger charge is 2.21. The summed E-state index contributed by atoms with van der Waals surface area (Å²) in [7, 11) is 0. The molecule has 0 atom stereocenters. The Morgan fingerprint density at radius 2 is 0.766 bits per heavy atom. The molecule has 0 bridgehead atoms. The Balaban J connectivity index is 1.04. The summed E-state index contributed by atoms with van der Waals surface area (Å²) in [6.45, 7) is 0. The number of rotatable bonds is 5. The normalized spacial score (nSPS) is 12.1. The quantitative estimate of drug-likeness (QED) is 0.173. The molecule has 9 aromatic carbocycles. The topological polar surface area (TPSA) is 43.6 Å². The van der Waals surface area contributed by atoms with Gasteiger partial charge in [-0.05, 0) is 65.7 Å². The third kappa shape index (κ3) is 5.55. The highest BCUT2D eigenvalue weighted by atomic mass is 32.1. The lowest BCUT2D eigenvalue weighted by molar-refractivity contribution is 1.07. The molecule has 5 heterocycles. The Hall–Kier alpha value is -7.55. The third-order valence-corrected chi connectivity index (χ3v) is 16.1. The molecule has 0 saturated carbocycles. The first-order chi connectivity index (χ1) is 31.7. The van der Waals surface area contributed by atoms with E-state index in [0.717, 1.165) is 39.0 Å².